The van der Waals surface area contributed by atoms with Gasteiger partial charge in [-0.05, 0) is 66.2 Å². The first kappa shape index (κ1) is 21.4. The lowest BCUT2D eigenvalue weighted by Crippen LogP contribution is -2.31. The number of aliphatic hydroxyl groups is 1. The molecular formula is C25H14BrClFNO4. The molecule has 5 nitrogen and oxygen atoms in total. The fourth-order valence-electron chi connectivity index (χ4n) is 3.92. The van der Waals surface area contributed by atoms with Crippen LogP contribution in [0.1, 0.15) is 22.2 Å². The molecule has 8 heteroatoms. The quantitative estimate of drug-likeness (QED) is 0.298. The number of ketones is 1. The summed E-state index contributed by atoms with van der Waals surface area (Å²) in [6, 6.07) is 17.7. The molecule has 0 saturated heterocycles. The zero-order valence-corrected chi connectivity index (χ0v) is 19.1. The van der Waals surface area contributed by atoms with Gasteiger partial charge in [-0.3, -0.25) is 14.5 Å². The molecule has 1 aliphatic rings. The number of halogens is 3. The van der Waals surface area contributed by atoms with E-state index in [1.54, 1.807) is 48.5 Å². The molecule has 0 fully saturated rings. The maximum atomic E-state index is 13.6. The minimum atomic E-state index is -0.965. The SMILES string of the molecule is O=C(C1=C(O)C(=O)N(c2ccc(F)cc2)C1c1ccc(Cl)cc1)c1cc2cc(Br)ccc2o1. The number of carbonyl (C=O) groups excluding carboxylic acids is 2. The Kier molecular flexibility index (Phi) is 5.31. The van der Waals surface area contributed by atoms with Gasteiger partial charge in [-0.2, -0.15) is 0 Å². The second kappa shape index (κ2) is 8.17. The number of carbonyl (C=O) groups is 2. The highest BCUT2D eigenvalue weighted by Gasteiger charge is 2.45. The van der Waals surface area contributed by atoms with Gasteiger partial charge in [0, 0.05) is 20.6 Å². The number of benzene rings is 3. The molecule has 1 N–H and O–H groups in total. The number of hydrogen-bond acceptors (Lipinski definition) is 4. The highest BCUT2D eigenvalue weighted by Crippen LogP contribution is 2.42. The smallest absolute Gasteiger partial charge is 0.294 e. The summed E-state index contributed by atoms with van der Waals surface area (Å²) in [6.45, 7) is 0. The number of hydrogen-bond donors (Lipinski definition) is 1. The number of furan rings is 1. The van der Waals surface area contributed by atoms with Crippen LogP contribution in [0, 0.1) is 5.82 Å². The second-order valence-electron chi connectivity index (χ2n) is 7.49. The van der Waals surface area contributed by atoms with Crippen molar-refractivity contribution in [3.63, 3.8) is 0 Å². The number of anilines is 1. The van der Waals surface area contributed by atoms with Crippen molar-refractivity contribution in [2.24, 2.45) is 0 Å². The second-order valence-corrected chi connectivity index (χ2v) is 8.84. The van der Waals surface area contributed by atoms with Gasteiger partial charge in [0.2, 0.25) is 5.78 Å². The molecule has 0 spiro atoms. The van der Waals surface area contributed by atoms with Crippen LogP contribution < -0.4 is 4.90 Å². The molecule has 164 valence electrons. The van der Waals surface area contributed by atoms with Crippen LogP contribution in [0.25, 0.3) is 11.0 Å². The molecule has 5 rings (SSSR count). The van der Waals surface area contributed by atoms with Gasteiger partial charge in [-0.25, -0.2) is 4.39 Å². The molecule has 1 aliphatic heterocycles. The van der Waals surface area contributed by atoms with Gasteiger partial charge in [0.05, 0.1) is 11.6 Å². The van der Waals surface area contributed by atoms with E-state index in [-0.39, 0.29) is 11.3 Å². The molecule has 1 aromatic heterocycles. The molecule has 2 heterocycles. The largest absolute Gasteiger partial charge is 0.503 e. The van der Waals surface area contributed by atoms with E-state index >= 15 is 0 Å². The van der Waals surface area contributed by atoms with Crippen molar-refractivity contribution in [2.75, 3.05) is 4.90 Å². The summed E-state index contributed by atoms with van der Waals surface area (Å²) >= 11 is 9.41. The normalized spacial score (nSPS) is 16.2. The van der Waals surface area contributed by atoms with Gasteiger partial charge in [0.1, 0.15) is 11.4 Å². The monoisotopic (exact) mass is 525 g/mol. The number of fused-ring (bicyclic) bond motifs is 1. The summed E-state index contributed by atoms with van der Waals surface area (Å²) in [5.41, 5.74) is 1.22. The lowest BCUT2D eigenvalue weighted by atomic mass is 9.94. The van der Waals surface area contributed by atoms with Crippen LogP contribution in [0.15, 0.2) is 93.0 Å². The summed E-state index contributed by atoms with van der Waals surface area (Å²) in [5.74, 6) is -2.58. The highest BCUT2D eigenvalue weighted by molar-refractivity contribution is 9.10. The molecule has 0 aliphatic carbocycles. The molecule has 3 aromatic carbocycles. The lowest BCUT2D eigenvalue weighted by molar-refractivity contribution is -0.117. The van der Waals surface area contributed by atoms with Crippen molar-refractivity contribution in [3.05, 3.63) is 111 Å². The standard InChI is InChI=1S/C25H14BrClFNO4/c26-15-3-10-19-14(11-15)12-20(33-19)23(30)21-22(13-1-4-16(27)5-2-13)29(25(32)24(21)31)18-8-6-17(28)7-9-18/h1-12,22,31H. The van der Waals surface area contributed by atoms with Gasteiger partial charge >= 0.3 is 0 Å². The summed E-state index contributed by atoms with van der Waals surface area (Å²) in [5, 5.41) is 12.0. The minimum absolute atomic E-state index is 0.0163. The molecule has 0 radical (unpaired) electrons. The summed E-state index contributed by atoms with van der Waals surface area (Å²) in [7, 11) is 0. The van der Waals surface area contributed by atoms with E-state index < -0.39 is 29.3 Å². The topological polar surface area (TPSA) is 70.8 Å². The summed E-state index contributed by atoms with van der Waals surface area (Å²) < 4.78 is 20.1. The van der Waals surface area contributed by atoms with Crippen molar-refractivity contribution in [3.8, 4) is 0 Å². The third-order valence-corrected chi connectivity index (χ3v) is 6.19. The molecule has 1 atom stereocenters. The van der Waals surface area contributed by atoms with Crippen LogP contribution in [-0.2, 0) is 4.79 Å². The lowest BCUT2D eigenvalue weighted by Gasteiger charge is -2.26. The van der Waals surface area contributed by atoms with Gasteiger partial charge < -0.3 is 9.52 Å². The molecule has 33 heavy (non-hydrogen) atoms. The minimum Gasteiger partial charge on any atom is -0.503 e. The maximum absolute atomic E-state index is 13.6. The molecular weight excluding hydrogens is 513 g/mol. The Bertz CT molecular complexity index is 1440. The predicted molar refractivity (Wildman–Crippen MR) is 126 cm³/mol. The highest BCUT2D eigenvalue weighted by atomic mass is 79.9. The Labute approximate surface area is 200 Å². The van der Waals surface area contributed by atoms with Crippen LogP contribution in [-0.4, -0.2) is 16.8 Å². The van der Waals surface area contributed by atoms with E-state index in [2.05, 4.69) is 15.9 Å². The van der Waals surface area contributed by atoms with Gasteiger partial charge in [0.15, 0.2) is 11.5 Å². The number of aliphatic hydroxyl groups excluding tert-OH is 1. The molecule has 0 bridgehead atoms. The number of nitrogens with zero attached hydrogens (tertiary/aromatic N) is 1. The number of Topliss-reactive ketones (excluding diaryl/α,β-unsaturated/α-hetero) is 1. The average molecular weight is 527 g/mol. The summed E-state index contributed by atoms with van der Waals surface area (Å²) in [6.07, 6.45) is 0. The van der Waals surface area contributed by atoms with Crippen molar-refractivity contribution >= 4 is 55.9 Å². The third-order valence-electron chi connectivity index (χ3n) is 5.45. The van der Waals surface area contributed by atoms with Gasteiger partial charge in [-0.15, -0.1) is 0 Å². The van der Waals surface area contributed by atoms with Crippen LogP contribution >= 0.6 is 27.5 Å². The fourth-order valence-corrected chi connectivity index (χ4v) is 4.43. The van der Waals surface area contributed by atoms with E-state index in [9.17, 15) is 19.1 Å². The average Bonchev–Trinajstić information content (AvgIpc) is 3.33. The van der Waals surface area contributed by atoms with E-state index in [1.807, 2.05) is 0 Å². The Morgan fingerprint density at radius 1 is 1.03 bits per heavy atom. The maximum Gasteiger partial charge on any atom is 0.294 e. The van der Waals surface area contributed by atoms with Crippen LogP contribution in [0.4, 0.5) is 10.1 Å². The zero-order chi connectivity index (χ0) is 23.3. The van der Waals surface area contributed by atoms with E-state index in [0.29, 0.717) is 27.2 Å². The molecule has 0 saturated carbocycles. The van der Waals surface area contributed by atoms with Gasteiger partial charge in [0.25, 0.3) is 5.91 Å². The van der Waals surface area contributed by atoms with Crippen LogP contribution in [0.2, 0.25) is 5.02 Å². The van der Waals surface area contributed by atoms with Gasteiger partial charge in [-0.1, -0.05) is 39.7 Å². The molecule has 4 aromatic rings. The first-order valence-electron chi connectivity index (χ1n) is 9.85. The Morgan fingerprint density at radius 2 is 1.73 bits per heavy atom. The molecule has 1 amide bonds. The van der Waals surface area contributed by atoms with Crippen LogP contribution in [0.3, 0.4) is 0 Å². The van der Waals surface area contributed by atoms with Crippen molar-refractivity contribution in [2.45, 2.75) is 6.04 Å². The van der Waals surface area contributed by atoms with E-state index in [4.69, 9.17) is 16.0 Å². The fraction of sp³-hybridized carbons (Fsp3) is 0.0400. The van der Waals surface area contributed by atoms with Crippen molar-refractivity contribution in [1.29, 1.82) is 0 Å². The third kappa shape index (κ3) is 3.73. The first-order valence-corrected chi connectivity index (χ1v) is 11.0. The zero-order valence-electron chi connectivity index (χ0n) is 16.8. The first-order chi connectivity index (χ1) is 15.8. The Hall–Kier alpha value is -3.42. The van der Waals surface area contributed by atoms with E-state index in [1.165, 1.54) is 29.2 Å². The number of rotatable bonds is 4. The van der Waals surface area contributed by atoms with E-state index in [0.717, 1.165) is 4.47 Å². The Balaban J connectivity index is 1.65. The van der Waals surface area contributed by atoms with Crippen molar-refractivity contribution < 1.29 is 23.5 Å². The predicted octanol–water partition coefficient (Wildman–Crippen LogP) is 6.77. The Morgan fingerprint density at radius 3 is 2.42 bits per heavy atom. The number of amides is 1. The summed E-state index contributed by atoms with van der Waals surface area (Å²) in [4.78, 5) is 27.9. The van der Waals surface area contributed by atoms with Crippen LogP contribution in [0.5, 0.6) is 0 Å². The molecule has 1 unspecified atom stereocenters. The van der Waals surface area contributed by atoms with Crippen molar-refractivity contribution in [1.82, 2.24) is 0 Å².